The molecule has 0 aliphatic carbocycles. The summed E-state index contributed by atoms with van der Waals surface area (Å²) >= 11 is 0. The van der Waals surface area contributed by atoms with Crippen molar-refractivity contribution in [2.75, 3.05) is 5.32 Å². The smallest absolute Gasteiger partial charge is 0.255 e. The summed E-state index contributed by atoms with van der Waals surface area (Å²) in [4.78, 5) is 11.8. The van der Waals surface area contributed by atoms with Crippen LogP contribution in [0.15, 0.2) is 48.5 Å². The van der Waals surface area contributed by atoms with Gasteiger partial charge in [-0.3, -0.25) is 4.79 Å². The van der Waals surface area contributed by atoms with E-state index in [-0.39, 0.29) is 7.33 Å². The largest absolute Gasteiger partial charge is 0.322 e. The van der Waals surface area contributed by atoms with Gasteiger partial charge >= 0.3 is 0 Å². The Morgan fingerprint density at radius 3 is 2.56 bits per heavy atom. The van der Waals surface area contributed by atoms with Crippen LogP contribution in [0.2, 0.25) is 0 Å². The van der Waals surface area contributed by atoms with Gasteiger partial charge in [0.15, 0.2) is 0 Å². The van der Waals surface area contributed by atoms with Gasteiger partial charge in [0.1, 0.15) is 5.82 Å². The lowest BCUT2D eigenvalue weighted by atomic mass is 10.1. The van der Waals surface area contributed by atoms with Crippen LogP contribution in [0.1, 0.15) is 24.3 Å². The highest BCUT2D eigenvalue weighted by Gasteiger charge is 2.06. The first-order chi connectivity index (χ1) is 8.69. The zero-order valence-corrected chi connectivity index (χ0v) is 10.1. The maximum absolute atomic E-state index is 13.0. The fourth-order valence-corrected chi connectivity index (χ4v) is 1.66. The minimum absolute atomic E-state index is 0. The molecule has 0 aliphatic heterocycles. The average Bonchev–Trinajstić information content (AvgIpc) is 2.39. The number of benzene rings is 2. The van der Waals surface area contributed by atoms with Crippen molar-refractivity contribution >= 4 is 11.6 Å². The first kappa shape index (κ1) is 12.3. The van der Waals surface area contributed by atoms with Crippen molar-refractivity contribution < 1.29 is 10.6 Å². The second kappa shape index (κ2) is 5.45. The summed E-state index contributed by atoms with van der Waals surface area (Å²) in [5, 5.41) is 2.73. The number of amides is 1. The van der Waals surface area contributed by atoms with Crippen LogP contribution in [-0.4, -0.2) is 5.91 Å². The lowest BCUT2D eigenvalue weighted by molar-refractivity contribution is 0.102. The highest BCUT2D eigenvalue weighted by molar-refractivity contribution is 6.04. The van der Waals surface area contributed by atoms with Gasteiger partial charge < -0.3 is 5.32 Å². The number of hydrogen-bond donors (Lipinski definition) is 1. The first-order valence-electron chi connectivity index (χ1n) is 5.85. The van der Waals surface area contributed by atoms with Gasteiger partial charge in [0, 0.05) is 12.7 Å². The van der Waals surface area contributed by atoms with E-state index in [0.29, 0.717) is 11.3 Å². The molecular weight excluding hydrogens is 229 g/mol. The van der Waals surface area contributed by atoms with Crippen LogP contribution in [0.25, 0.3) is 0 Å². The summed E-state index contributed by atoms with van der Waals surface area (Å²) in [7, 11) is 0. The Kier molecular flexibility index (Phi) is 3.72. The van der Waals surface area contributed by atoms with Gasteiger partial charge in [-0.15, -0.1) is 0 Å². The van der Waals surface area contributed by atoms with Crippen molar-refractivity contribution in [3.63, 3.8) is 0 Å². The van der Waals surface area contributed by atoms with Crippen molar-refractivity contribution in [2.24, 2.45) is 0 Å². The van der Waals surface area contributed by atoms with Gasteiger partial charge in [0.05, 0.1) is 0 Å². The monoisotopic (exact) mass is 245 g/mol. The summed E-state index contributed by atoms with van der Waals surface area (Å²) in [5.74, 6) is -0.720. The molecule has 0 saturated carbocycles. The van der Waals surface area contributed by atoms with E-state index in [2.05, 4.69) is 12.2 Å². The number of nitrogens with one attached hydrogen (secondary N) is 1. The molecule has 0 saturated heterocycles. The molecule has 3 heteroatoms. The predicted octanol–water partition coefficient (Wildman–Crippen LogP) is 3.89. The molecular formula is C15H16FNO. The third-order valence-corrected chi connectivity index (χ3v) is 2.71. The Balaban J connectivity index is 0.00000180. The molecule has 1 amide bonds. The maximum Gasteiger partial charge on any atom is 0.255 e. The Morgan fingerprint density at radius 2 is 1.94 bits per heavy atom. The van der Waals surface area contributed by atoms with Crippen molar-refractivity contribution in [1.29, 1.82) is 0 Å². The first-order valence-corrected chi connectivity index (χ1v) is 5.85. The van der Waals surface area contributed by atoms with Crippen molar-refractivity contribution in [2.45, 2.75) is 13.3 Å². The van der Waals surface area contributed by atoms with Crippen LogP contribution in [-0.2, 0) is 6.42 Å². The molecule has 0 spiro atoms. The number of anilines is 1. The molecule has 0 heterocycles. The molecule has 2 rings (SSSR count). The molecule has 0 atom stereocenters. The van der Waals surface area contributed by atoms with Gasteiger partial charge in [0.2, 0.25) is 0 Å². The van der Waals surface area contributed by atoms with E-state index in [4.69, 9.17) is 0 Å². The molecule has 0 unspecified atom stereocenters. The lowest BCUT2D eigenvalue weighted by Gasteiger charge is -2.06. The predicted molar refractivity (Wildman–Crippen MR) is 72.3 cm³/mol. The van der Waals surface area contributed by atoms with Crippen LogP contribution in [0, 0.1) is 5.82 Å². The minimum Gasteiger partial charge on any atom is -0.322 e. The number of carbonyl (C=O) groups is 1. The summed E-state index contributed by atoms with van der Waals surface area (Å²) in [5.41, 5.74) is 2.23. The van der Waals surface area contributed by atoms with Crippen molar-refractivity contribution in [3.05, 3.63) is 65.5 Å². The number of hydrogen-bond acceptors (Lipinski definition) is 1. The third kappa shape index (κ3) is 2.94. The number of rotatable bonds is 3. The van der Waals surface area contributed by atoms with E-state index in [1.165, 1.54) is 23.8 Å². The Morgan fingerprint density at radius 1 is 1.22 bits per heavy atom. The van der Waals surface area contributed by atoms with E-state index in [0.717, 1.165) is 6.42 Å². The topological polar surface area (TPSA) is 29.1 Å². The number of aryl methyl sites for hydroxylation is 1. The zero-order valence-electron chi connectivity index (χ0n) is 10.1. The highest BCUT2D eigenvalue weighted by atomic mass is 19.1. The molecule has 0 aromatic heterocycles. The van der Waals surface area contributed by atoms with E-state index in [9.17, 15) is 9.18 Å². The Hall–Kier alpha value is -2.16. The summed E-state index contributed by atoms with van der Waals surface area (Å²) in [6.45, 7) is 2.07. The Labute approximate surface area is 107 Å². The van der Waals surface area contributed by atoms with Crippen LogP contribution in [0.4, 0.5) is 10.1 Å². The molecule has 2 nitrogen and oxygen atoms in total. The number of carbonyl (C=O) groups excluding carboxylic acids is 1. The fraction of sp³-hybridized carbons (Fsp3) is 0.133. The van der Waals surface area contributed by atoms with Gasteiger partial charge in [0.25, 0.3) is 5.91 Å². The Bertz CT molecular complexity index is 554. The molecule has 1 N–H and O–H groups in total. The van der Waals surface area contributed by atoms with Crippen LogP contribution in [0.3, 0.4) is 0 Å². The number of halogens is 1. The highest BCUT2D eigenvalue weighted by Crippen LogP contribution is 2.12. The van der Waals surface area contributed by atoms with Crippen LogP contribution < -0.4 is 5.32 Å². The van der Waals surface area contributed by atoms with Gasteiger partial charge in [-0.1, -0.05) is 25.1 Å². The zero-order chi connectivity index (χ0) is 13.0. The van der Waals surface area contributed by atoms with Gasteiger partial charge in [-0.25, -0.2) is 4.39 Å². The van der Waals surface area contributed by atoms with Crippen LogP contribution >= 0.6 is 0 Å². The van der Waals surface area contributed by atoms with E-state index >= 15 is 0 Å². The molecule has 2 aromatic rings. The van der Waals surface area contributed by atoms with E-state index in [1.807, 2.05) is 24.3 Å². The molecule has 94 valence electrons. The average molecular weight is 245 g/mol. The molecule has 18 heavy (non-hydrogen) atoms. The lowest BCUT2D eigenvalue weighted by Crippen LogP contribution is -2.11. The second-order valence-electron chi connectivity index (χ2n) is 4.01. The normalized spacial score (nSPS) is 10.1. The maximum atomic E-state index is 13.0. The summed E-state index contributed by atoms with van der Waals surface area (Å²) in [6, 6.07) is 13.2. The van der Waals surface area contributed by atoms with Gasteiger partial charge in [-0.2, -0.15) is 0 Å². The van der Waals surface area contributed by atoms with E-state index < -0.39 is 5.82 Å². The van der Waals surface area contributed by atoms with Crippen molar-refractivity contribution in [1.82, 2.24) is 0 Å². The minimum atomic E-state index is -0.413. The molecule has 0 aliphatic rings. The standard InChI is InChI=1S/C15H14FNO.H2/c1-2-11-6-8-14(9-7-11)17-15(18)12-4-3-5-13(16)10-12;/h3-10H,2H2,1H3,(H,17,18);1H. The van der Waals surface area contributed by atoms with Crippen molar-refractivity contribution in [3.8, 4) is 0 Å². The quantitative estimate of drug-likeness (QED) is 0.873. The van der Waals surface area contributed by atoms with Crippen LogP contribution in [0.5, 0.6) is 0 Å². The molecule has 0 fully saturated rings. The molecule has 0 bridgehead atoms. The third-order valence-electron chi connectivity index (χ3n) is 2.71. The van der Waals surface area contributed by atoms with Gasteiger partial charge in [-0.05, 0) is 42.3 Å². The summed E-state index contributed by atoms with van der Waals surface area (Å²) < 4.78 is 13.0. The van der Waals surface area contributed by atoms with E-state index in [1.54, 1.807) is 6.07 Å². The molecule has 2 aromatic carbocycles. The second-order valence-corrected chi connectivity index (χ2v) is 4.01. The molecule has 0 radical (unpaired) electrons. The summed E-state index contributed by atoms with van der Waals surface area (Å²) in [6.07, 6.45) is 0.956. The fourth-order valence-electron chi connectivity index (χ4n) is 1.66. The SMILES string of the molecule is CCc1ccc(NC(=O)c2cccc(F)c2)cc1.[HH].